The molecule has 1 fully saturated rings. The summed E-state index contributed by atoms with van der Waals surface area (Å²) in [6.07, 6.45) is 0.443. The van der Waals surface area contributed by atoms with E-state index in [4.69, 9.17) is 4.52 Å². The molecule has 0 aromatic carbocycles. The van der Waals surface area contributed by atoms with Crippen molar-refractivity contribution in [2.75, 3.05) is 13.1 Å². The molecule has 0 radical (unpaired) electrons. The molecular formula is C12H20N4O2S. The Morgan fingerprint density at radius 1 is 1.42 bits per heavy atom. The van der Waals surface area contributed by atoms with E-state index in [0.717, 1.165) is 12.3 Å². The van der Waals surface area contributed by atoms with Crippen molar-refractivity contribution >= 4 is 17.7 Å². The van der Waals surface area contributed by atoms with E-state index < -0.39 is 0 Å². The molecule has 1 unspecified atom stereocenters. The number of hydrogen-bond donors (Lipinski definition) is 2. The van der Waals surface area contributed by atoms with E-state index in [9.17, 15) is 4.79 Å². The highest BCUT2D eigenvalue weighted by atomic mass is 32.2. The molecule has 1 aromatic heterocycles. The zero-order valence-electron chi connectivity index (χ0n) is 11.5. The minimum absolute atomic E-state index is 0.00457. The monoisotopic (exact) mass is 284 g/mol. The lowest BCUT2D eigenvalue weighted by atomic mass is 10.1. The van der Waals surface area contributed by atoms with E-state index in [1.54, 1.807) is 11.8 Å². The predicted octanol–water partition coefficient (Wildman–Crippen LogP) is 0.732. The average molecular weight is 284 g/mol. The van der Waals surface area contributed by atoms with Gasteiger partial charge in [0.05, 0.1) is 18.2 Å². The summed E-state index contributed by atoms with van der Waals surface area (Å²) in [5.41, 5.74) is 0. The minimum Gasteiger partial charge on any atom is -0.353 e. The highest BCUT2D eigenvalue weighted by Gasteiger charge is 2.24. The summed E-state index contributed by atoms with van der Waals surface area (Å²) in [7, 11) is 0. The van der Waals surface area contributed by atoms with E-state index in [1.165, 1.54) is 0 Å². The van der Waals surface area contributed by atoms with Crippen LogP contribution in [0.2, 0.25) is 0 Å². The Labute approximate surface area is 117 Å². The minimum atomic E-state index is -0.266. The first-order valence-electron chi connectivity index (χ1n) is 6.40. The van der Waals surface area contributed by atoms with Crippen molar-refractivity contribution in [1.82, 2.24) is 20.8 Å². The number of thioether (sulfide) groups is 1. The van der Waals surface area contributed by atoms with Gasteiger partial charge in [-0.25, -0.2) is 0 Å². The second-order valence-electron chi connectivity index (χ2n) is 5.51. The van der Waals surface area contributed by atoms with Crippen LogP contribution in [0.15, 0.2) is 4.52 Å². The molecule has 19 heavy (non-hydrogen) atoms. The molecule has 7 heteroatoms. The van der Waals surface area contributed by atoms with Crippen LogP contribution in [0.5, 0.6) is 0 Å². The Hall–Kier alpha value is -1.08. The van der Waals surface area contributed by atoms with Crippen LogP contribution in [-0.2, 0) is 17.0 Å². The van der Waals surface area contributed by atoms with Gasteiger partial charge in [0.25, 0.3) is 0 Å². The summed E-state index contributed by atoms with van der Waals surface area (Å²) in [4.78, 5) is 15.9. The first kappa shape index (κ1) is 14.3. The Kier molecular flexibility index (Phi) is 4.46. The third kappa shape index (κ3) is 4.50. The van der Waals surface area contributed by atoms with Gasteiger partial charge in [0.15, 0.2) is 5.82 Å². The van der Waals surface area contributed by atoms with Crippen LogP contribution < -0.4 is 10.6 Å². The Balaban J connectivity index is 1.88. The number of aromatic nitrogens is 2. The standard InChI is InChI=1S/C12H20N4O2S/c1-12(2,3)19-7-9-15-10(18-16-9)6-8-11(17)14-5-4-13-8/h8,13H,4-7H2,1-3H3,(H,14,17). The lowest BCUT2D eigenvalue weighted by Gasteiger charge is -2.21. The molecule has 1 aliphatic heterocycles. The number of nitrogens with zero attached hydrogens (tertiary/aromatic N) is 2. The fraction of sp³-hybridized carbons (Fsp3) is 0.750. The maximum Gasteiger partial charge on any atom is 0.237 e. The highest BCUT2D eigenvalue weighted by Crippen LogP contribution is 2.26. The molecule has 1 atom stereocenters. The van der Waals surface area contributed by atoms with Gasteiger partial charge >= 0.3 is 0 Å². The van der Waals surface area contributed by atoms with Gasteiger partial charge in [-0.3, -0.25) is 4.79 Å². The van der Waals surface area contributed by atoms with Crippen LogP contribution in [0.25, 0.3) is 0 Å². The number of amides is 1. The molecule has 0 saturated carbocycles. The summed E-state index contributed by atoms with van der Waals surface area (Å²) in [5, 5.41) is 9.89. The maximum absolute atomic E-state index is 11.6. The number of piperazine rings is 1. The number of hydrogen-bond acceptors (Lipinski definition) is 6. The SMILES string of the molecule is CC(C)(C)SCc1noc(CC2NCCNC2=O)n1. The number of carbonyl (C=O) groups is 1. The van der Waals surface area contributed by atoms with Gasteiger partial charge in [-0.15, -0.1) is 11.8 Å². The average Bonchev–Trinajstić information content (AvgIpc) is 2.77. The van der Waals surface area contributed by atoms with E-state index in [-0.39, 0.29) is 16.7 Å². The molecule has 1 amide bonds. The number of nitrogens with one attached hydrogen (secondary N) is 2. The zero-order chi connectivity index (χ0) is 13.9. The molecule has 2 rings (SSSR count). The van der Waals surface area contributed by atoms with E-state index in [1.807, 2.05) is 0 Å². The summed E-state index contributed by atoms with van der Waals surface area (Å²) < 4.78 is 5.36. The molecule has 1 aromatic rings. The molecule has 106 valence electrons. The molecule has 0 bridgehead atoms. The second kappa shape index (κ2) is 5.92. The van der Waals surface area contributed by atoms with Gasteiger partial charge in [0, 0.05) is 17.8 Å². The van der Waals surface area contributed by atoms with E-state index in [2.05, 4.69) is 41.5 Å². The van der Waals surface area contributed by atoms with Crippen LogP contribution in [-0.4, -0.2) is 39.9 Å². The Bertz CT molecular complexity index is 441. The van der Waals surface area contributed by atoms with Crippen molar-refractivity contribution in [3.05, 3.63) is 11.7 Å². The fourth-order valence-corrected chi connectivity index (χ4v) is 2.38. The molecule has 0 spiro atoms. The smallest absolute Gasteiger partial charge is 0.237 e. The molecule has 2 N–H and O–H groups in total. The van der Waals surface area contributed by atoms with E-state index >= 15 is 0 Å². The molecule has 1 aliphatic rings. The Morgan fingerprint density at radius 3 is 2.89 bits per heavy atom. The predicted molar refractivity (Wildman–Crippen MR) is 73.9 cm³/mol. The van der Waals surface area contributed by atoms with Gasteiger partial charge in [0.2, 0.25) is 11.8 Å². The first-order chi connectivity index (χ1) is 8.94. The number of carbonyl (C=O) groups excluding carboxylic acids is 1. The van der Waals surface area contributed by atoms with E-state index in [0.29, 0.717) is 24.7 Å². The topological polar surface area (TPSA) is 80.0 Å². The lowest BCUT2D eigenvalue weighted by Crippen LogP contribution is -2.53. The van der Waals surface area contributed by atoms with Crippen molar-refractivity contribution in [1.29, 1.82) is 0 Å². The lowest BCUT2D eigenvalue weighted by molar-refractivity contribution is -0.124. The van der Waals surface area contributed by atoms with Crippen molar-refractivity contribution in [2.24, 2.45) is 0 Å². The van der Waals surface area contributed by atoms with Crippen LogP contribution in [0, 0.1) is 0 Å². The van der Waals surface area contributed by atoms with Gasteiger partial charge in [0.1, 0.15) is 0 Å². The molecule has 0 aliphatic carbocycles. The van der Waals surface area contributed by atoms with Crippen LogP contribution in [0.3, 0.4) is 0 Å². The first-order valence-corrected chi connectivity index (χ1v) is 7.39. The molecular weight excluding hydrogens is 264 g/mol. The van der Waals surface area contributed by atoms with Crippen LogP contribution in [0.4, 0.5) is 0 Å². The summed E-state index contributed by atoms with van der Waals surface area (Å²) in [6, 6.07) is -0.266. The third-order valence-electron chi connectivity index (χ3n) is 2.65. The zero-order valence-corrected chi connectivity index (χ0v) is 12.3. The van der Waals surface area contributed by atoms with Gasteiger partial charge < -0.3 is 15.2 Å². The summed E-state index contributed by atoms with van der Waals surface area (Å²) >= 11 is 1.77. The van der Waals surface area contributed by atoms with Gasteiger partial charge in [-0.2, -0.15) is 4.98 Å². The van der Waals surface area contributed by atoms with Crippen LogP contribution in [0.1, 0.15) is 32.5 Å². The van der Waals surface area contributed by atoms with Gasteiger partial charge in [-0.05, 0) is 0 Å². The Morgan fingerprint density at radius 2 is 2.21 bits per heavy atom. The second-order valence-corrected chi connectivity index (χ2v) is 7.31. The normalized spacial score (nSPS) is 20.4. The molecule has 6 nitrogen and oxygen atoms in total. The van der Waals surface area contributed by atoms with Crippen molar-refractivity contribution in [2.45, 2.75) is 43.7 Å². The summed E-state index contributed by atoms with van der Waals surface area (Å²) in [6.45, 7) is 7.89. The van der Waals surface area contributed by atoms with Crippen molar-refractivity contribution in [3.8, 4) is 0 Å². The third-order valence-corrected chi connectivity index (χ3v) is 3.92. The summed E-state index contributed by atoms with van der Waals surface area (Å²) in [5.74, 6) is 1.91. The molecule has 1 saturated heterocycles. The maximum atomic E-state index is 11.6. The van der Waals surface area contributed by atoms with Crippen LogP contribution >= 0.6 is 11.8 Å². The van der Waals surface area contributed by atoms with Gasteiger partial charge in [-0.1, -0.05) is 25.9 Å². The van der Waals surface area contributed by atoms with Crippen molar-refractivity contribution < 1.29 is 9.32 Å². The number of rotatable bonds is 4. The molecule has 2 heterocycles. The fourth-order valence-electron chi connectivity index (χ4n) is 1.70. The largest absolute Gasteiger partial charge is 0.353 e. The highest BCUT2D eigenvalue weighted by molar-refractivity contribution is 7.99. The quantitative estimate of drug-likeness (QED) is 0.848. The van der Waals surface area contributed by atoms with Crippen molar-refractivity contribution in [3.63, 3.8) is 0 Å².